The standard InChI is InChI=1S/C8H7BrF3NO/c1-7(14,8(9,11)12)5-2-6(10)4-13-3-5/h2-4,14H,1H3. The molecular formula is C8H7BrF3NO. The molecule has 1 rings (SSSR count). The number of aliphatic hydroxyl groups is 1. The maximum absolute atomic E-state index is 12.8. The molecule has 1 atom stereocenters. The quantitative estimate of drug-likeness (QED) is 0.837. The van der Waals surface area contributed by atoms with Crippen molar-refractivity contribution < 1.29 is 18.3 Å². The number of hydrogen-bond donors (Lipinski definition) is 1. The Bertz CT molecular complexity index is 338. The molecule has 1 aromatic heterocycles. The Morgan fingerprint density at radius 1 is 1.43 bits per heavy atom. The third-order valence-corrected chi connectivity index (χ3v) is 2.59. The summed E-state index contributed by atoms with van der Waals surface area (Å²) in [4.78, 5) is -0.171. The van der Waals surface area contributed by atoms with Crippen LogP contribution >= 0.6 is 15.9 Å². The van der Waals surface area contributed by atoms with Crippen molar-refractivity contribution in [2.75, 3.05) is 0 Å². The van der Waals surface area contributed by atoms with Crippen molar-refractivity contribution in [3.8, 4) is 0 Å². The highest BCUT2D eigenvalue weighted by atomic mass is 79.9. The molecule has 0 aliphatic heterocycles. The first-order valence-electron chi connectivity index (χ1n) is 3.65. The molecule has 0 fully saturated rings. The summed E-state index contributed by atoms with van der Waals surface area (Å²) in [6, 6.07) is 0.808. The van der Waals surface area contributed by atoms with E-state index in [1.807, 2.05) is 15.9 Å². The Balaban J connectivity index is 3.16. The van der Waals surface area contributed by atoms with Crippen molar-refractivity contribution in [3.05, 3.63) is 29.8 Å². The minimum atomic E-state index is -3.55. The fourth-order valence-electron chi connectivity index (χ4n) is 0.842. The van der Waals surface area contributed by atoms with E-state index in [1.54, 1.807) is 0 Å². The highest BCUT2D eigenvalue weighted by molar-refractivity contribution is 9.10. The Morgan fingerprint density at radius 2 is 2.00 bits per heavy atom. The Hall–Kier alpha value is -0.620. The van der Waals surface area contributed by atoms with E-state index in [-0.39, 0.29) is 5.56 Å². The van der Waals surface area contributed by atoms with Gasteiger partial charge in [-0.15, -0.1) is 0 Å². The van der Waals surface area contributed by atoms with Crippen LogP contribution < -0.4 is 0 Å². The predicted octanol–water partition coefficient (Wildman–Crippen LogP) is 2.42. The molecule has 0 aromatic carbocycles. The molecule has 0 aliphatic rings. The fraction of sp³-hybridized carbons (Fsp3) is 0.375. The second kappa shape index (κ2) is 3.51. The van der Waals surface area contributed by atoms with E-state index in [1.165, 1.54) is 0 Å². The Kier molecular flexibility index (Phi) is 2.87. The zero-order chi connectivity index (χ0) is 11.0. The summed E-state index contributed by atoms with van der Waals surface area (Å²) in [6.45, 7) is 0.873. The van der Waals surface area contributed by atoms with Gasteiger partial charge in [0.1, 0.15) is 5.82 Å². The van der Waals surface area contributed by atoms with E-state index in [4.69, 9.17) is 0 Å². The van der Waals surface area contributed by atoms with Crippen molar-refractivity contribution in [2.45, 2.75) is 17.4 Å². The highest BCUT2D eigenvalue weighted by Crippen LogP contribution is 2.41. The molecule has 1 heterocycles. The first-order chi connectivity index (χ1) is 6.25. The van der Waals surface area contributed by atoms with Gasteiger partial charge < -0.3 is 5.11 Å². The number of halogens is 4. The number of aromatic nitrogens is 1. The second-order valence-electron chi connectivity index (χ2n) is 2.96. The minimum Gasteiger partial charge on any atom is -0.378 e. The maximum Gasteiger partial charge on any atom is 0.333 e. The van der Waals surface area contributed by atoms with Gasteiger partial charge in [-0.25, -0.2) is 4.39 Å². The maximum atomic E-state index is 12.8. The lowest BCUT2D eigenvalue weighted by molar-refractivity contribution is -0.109. The molecule has 1 unspecified atom stereocenters. The molecule has 0 spiro atoms. The summed E-state index contributed by atoms with van der Waals surface area (Å²) in [5, 5.41) is 9.44. The lowest BCUT2D eigenvalue weighted by Crippen LogP contribution is -2.38. The van der Waals surface area contributed by atoms with E-state index >= 15 is 0 Å². The van der Waals surface area contributed by atoms with Crippen LogP contribution in [0.5, 0.6) is 0 Å². The van der Waals surface area contributed by atoms with Gasteiger partial charge in [-0.1, -0.05) is 0 Å². The number of hydrogen-bond acceptors (Lipinski definition) is 2. The number of rotatable bonds is 2. The SMILES string of the molecule is CC(O)(c1cncc(F)c1)C(F)(F)Br. The van der Waals surface area contributed by atoms with Crippen LogP contribution in [0.3, 0.4) is 0 Å². The topological polar surface area (TPSA) is 33.1 Å². The number of nitrogens with zero attached hydrogens (tertiary/aromatic N) is 1. The van der Waals surface area contributed by atoms with Crippen LogP contribution in [0, 0.1) is 5.82 Å². The van der Waals surface area contributed by atoms with Crippen LogP contribution in [0.25, 0.3) is 0 Å². The Morgan fingerprint density at radius 3 is 2.43 bits per heavy atom. The normalized spacial score (nSPS) is 16.4. The van der Waals surface area contributed by atoms with Gasteiger partial charge in [0.2, 0.25) is 0 Å². The molecule has 0 radical (unpaired) electrons. The molecule has 0 saturated heterocycles. The van der Waals surface area contributed by atoms with Crippen molar-refractivity contribution in [1.29, 1.82) is 0 Å². The van der Waals surface area contributed by atoms with Gasteiger partial charge in [0.05, 0.1) is 6.20 Å². The second-order valence-corrected chi connectivity index (χ2v) is 3.96. The molecule has 78 valence electrons. The van der Waals surface area contributed by atoms with Gasteiger partial charge in [-0.2, -0.15) is 8.78 Å². The van der Waals surface area contributed by atoms with Gasteiger partial charge in [0.15, 0.2) is 5.60 Å². The van der Waals surface area contributed by atoms with Crippen molar-refractivity contribution in [3.63, 3.8) is 0 Å². The predicted molar refractivity (Wildman–Crippen MR) is 47.6 cm³/mol. The highest BCUT2D eigenvalue weighted by Gasteiger charge is 2.48. The summed E-state index contributed by atoms with van der Waals surface area (Å²) >= 11 is 2.03. The van der Waals surface area contributed by atoms with Crippen LogP contribution in [0.15, 0.2) is 18.5 Å². The molecule has 2 nitrogen and oxygen atoms in total. The third-order valence-electron chi connectivity index (χ3n) is 1.82. The monoisotopic (exact) mass is 269 g/mol. The summed E-state index contributed by atoms with van der Waals surface area (Å²) in [7, 11) is 0. The first-order valence-corrected chi connectivity index (χ1v) is 4.44. The van der Waals surface area contributed by atoms with Crippen LogP contribution in [0.2, 0.25) is 0 Å². The smallest absolute Gasteiger partial charge is 0.333 e. The average Bonchev–Trinajstić information content (AvgIpc) is 2.02. The number of pyridine rings is 1. The van der Waals surface area contributed by atoms with Gasteiger partial charge in [0.25, 0.3) is 0 Å². The fourth-order valence-corrected chi connectivity index (χ4v) is 1.07. The lowest BCUT2D eigenvalue weighted by atomic mass is 9.98. The van der Waals surface area contributed by atoms with Crippen molar-refractivity contribution in [2.24, 2.45) is 0 Å². The summed E-state index contributed by atoms with van der Waals surface area (Å²) in [5.74, 6) is -0.778. The van der Waals surface area contributed by atoms with Gasteiger partial charge in [-0.05, 0) is 28.9 Å². The van der Waals surface area contributed by atoms with Gasteiger partial charge in [-0.3, -0.25) is 4.98 Å². The molecule has 14 heavy (non-hydrogen) atoms. The molecule has 0 saturated carbocycles. The van der Waals surface area contributed by atoms with Crippen molar-refractivity contribution in [1.82, 2.24) is 4.98 Å². The summed E-state index contributed by atoms with van der Waals surface area (Å²) < 4.78 is 38.3. The zero-order valence-corrected chi connectivity index (χ0v) is 8.72. The van der Waals surface area contributed by atoms with Crippen LogP contribution in [0.4, 0.5) is 13.2 Å². The van der Waals surface area contributed by atoms with E-state index in [9.17, 15) is 18.3 Å². The molecule has 0 bridgehead atoms. The van der Waals surface area contributed by atoms with Gasteiger partial charge in [0, 0.05) is 11.8 Å². The molecule has 1 aromatic rings. The largest absolute Gasteiger partial charge is 0.378 e. The number of alkyl halides is 3. The van der Waals surface area contributed by atoms with E-state index in [2.05, 4.69) is 4.98 Å². The summed E-state index contributed by atoms with van der Waals surface area (Å²) in [5.41, 5.74) is -2.79. The molecular weight excluding hydrogens is 263 g/mol. The van der Waals surface area contributed by atoms with E-state index in [0.717, 1.165) is 25.4 Å². The molecule has 0 aliphatic carbocycles. The van der Waals surface area contributed by atoms with Crippen LogP contribution in [0.1, 0.15) is 12.5 Å². The lowest BCUT2D eigenvalue weighted by Gasteiger charge is -2.28. The molecule has 0 amide bonds. The van der Waals surface area contributed by atoms with Crippen LogP contribution in [-0.2, 0) is 5.60 Å². The van der Waals surface area contributed by atoms with Crippen molar-refractivity contribution >= 4 is 15.9 Å². The third kappa shape index (κ3) is 2.06. The van der Waals surface area contributed by atoms with E-state index < -0.39 is 16.3 Å². The minimum absolute atomic E-state index is 0.292. The summed E-state index contributed by atoms with van der Waals surface area (Å²) in [6.07, 6.45) is 1.85. The Labute approximate surface area is 86.9 Å². The van der Waals surface area contributed by atoms with E-state index in [0.29, 0.717) is 0 Å². The molecule has 6 heteroatoms. The average molecular weight is 270 g/mol. The van der Waals surface area contributed by atoms with Crippen LogP contribution in [-0.4, -0.2) is 14.9 Å². The first kappa shape index (κ1) is 11.5. The zero-order valence-electron chi connectivity index (χ0n) is 7.14. The van der Waals surface area contributed by atoms with Gasteiger partial charge >= 0.3 is 4.83 Å². The molecule has 1 N–H and O–H groups in total.